The molecule has 150 valence electrons. The summed E-state index contributed by atoms with van der Waals surface area (Å²) in [6.45, 7) is 0.629. The van der Waals surface area contributed by atoms with Crippen molar-refractivity contribution in [2.75, 3.05) is 16.4 Å². The SMILES string of the molecule is O=C(CSc1nnc(NCc2ccccc2)s1)Nc1ccc2c(c1)OC(F)(F)O2. The van der Waals surface area contributed by atoms with Gasteiger partial charge in [0.2, 0.25) is 11.0 Å². The molecule has 1 amide bonds. The molecular formula is C18H14F2N4O3S2. The smallest absolute Gasteiger partial charge is 0.395 e. The van der Waals surface area contributed by atoms with Gasteiger partial charge in [-0.2, -0.15) is 0 Å². The topological polar surface area (TPSA) is 85.4 Å². The molecule has 2 aromatic carbocycles. The van der Waals surface area contributed by atoms with Gasteiger partial charge in [-0.15, -0.1) is 19.0 Å². The van der Waals surface area contributed by atoms with Crippen LogP contribution >= 0.6 is 23.1 Å². The normalized spacial score (nSPS) is 13.9. The number of nitrogens with zero attached hydrogens (tertiary/aromatic N) is 2. The molecule has 4 rings (SSSR count). The van der Waals surface area contributed by atoms with E-state index in [-0.39, 0.29) is 23.2 Å². The Kier molecular flexibility index (Phi) is 5.49. The Balaban J connectivity index is 1.26. The lowest BCUT2D eigenvalue weighted by Gasteiger charge is -2.05. The van der Waals surface area contributed by atoms with Crippen LogP contribution in [0.25, 0.3) is 0 Å². The first kappa shape index (κ1) is 19.4. The lowest BCUT2D eigenvalue weighted by atomic mass is 10.2. The van der Waals surface area contributed by atoms with E-state index in [1.807, 2.05) is 30.3 Å². The number of benzene rings is 2. The molecule has 29 heavy (non-hydrogen) atoms. The Morgan fingerprint density at radius 2 is 1.90 bits per heavy atom. The zero-order valence-corrected chi connectivity index (χ0v) is 16.4. The summed E-state index contributed by atoms with van der Waals surface area (Å²) in [5.74, 6) is -0.419. The molecule has 0 saturated carbocycles. The molecule has 0 unspecified atom stereocenters. The lowest BCUT2D eigenvalue weighted by Crippen LogP contribution is -2.25. The second-order valence-electron chi connectivity index (χ2n) is 5.88. The summed E-state index contributed by atoms with van der Waals surface area (Å²) >= 11 is 2.58. The van der Waals surface area contributed by atoms with Crippen molar-refractivity contribution < 1.29 is 23.0 Å². The van der Waals surface area contributed by atoms with Crippen LogP contribution in [0.4, 0.5) is 19.6 Å². The second kappa shape index (κ2) is 8.21. The summed E-state index contributed by atoms with van der Waals surface area (Å²) in [5.41, 5.74) is 1.45. The number of aromatic nitrogens is 2. The molecule has 0 aliphatic carbocycles. The fourth-order valence-electron chi connectivity index (χ4n) is 2.46. The number of fused-ring (bicyclic) bond motifs is 1. The van der Waals surface area contributed by atoms with Crippen LogP contribution in [0, 0.1) is 0 Å². The molecule has 0 saturated heterocycles. The van der Waals surface area contributed by atoms with Crippen molar-refractivity contribution in [3.05, 3.63) is 54.1 Å². The van der Waals surface area contributed by atoms with E-state index in [0.717, 1.165) is 5.56 Å². The van der Waals surface area contributed by atoms with Gasteiger partial charge >= 0.3 is 6.29 Å². The summed E-state index contributed by atoms with van der Waals surface area (Å²) < 4.78 is 35.4. The summed E-state index contributed by atoms with van der Waals surface area (Å²) in [6, 6.07) is 13.9. The van der Waals surface area contributed by atoms with Crippen LogP contribution in [0.5, 0.6) is 11.5 Å². The minimum Gasteiger partial charge on any atom is -0.395 e. The lowest BCUT2D eigenvalue weighted by molar-refractivity contribution is -0.286. The van der Waals surface area contributed by atoms with Gasteiger partial charge in [-0.3, -0.25) is 4.79 Å². The van der Waals surface area contributed by atoms with E-state index in [1.54, 1.807) is 0 Å². The molecule has 0 radical (unpaired) electrons. The van der Waals surface area contributed by atoms with Crippen LogP contribution in [0.15, 0.2) is 52.9 Å². The van der Waals surface area contributed by atoms with Crippen LogP contribution < -0.4 is 20.1 Å². The van der Waals surface area contributed by atoms with Gasteiger partial charge in [-0.25, -0.2) is 0 Å². The maximum atomic E-state index is 13.0. The largest absolute Gasteiger partial charge is 0.586 e. The third-order valence-electron chi connectivity index (χ3n) is 3.70. The first-order chi connectivity index (χ1) is 14.0. The average Bonchev–Trinajstić information content (AvgIpc) is 3.27. The highest BCUT2D eigenvalue weighted by molar-refractivity contribution is 8.01. The quantitative estimate of drug-likeness (QED) is 0.537. The molecule has 0 spiro atoms. The van der Waals surface area contributed by atoms with Crippen LogP contribution in [-0.2, 0) is 11.3 Å². The van der Waals surface area contributed by atoms with E-state index < -0.39 is 6.29 Å². The fourth-order valence-corrected chi connectivity index (χ4v) is 4.01. The Hall–Kier alpha value is -2.92. The number of alkyl halides is 2. The summed E-state index contributed by atoms with van der Waals surface area (Å²) in [6.07, 6.45) is -3.69. The Morgan fingerprint density at radius 3 is 2.72 bits per heavy atom. The highest BCUT2D eigenvalue weighted by Crippen LogP contribution is 2.42. The van der Waals surface area contributed by atoms with Crippen molar-refractivity contribution in [2.24, 2.45) is 0 Å². The number of amides is 1. The predicted molar refractivity (Wildman–Crippen MR) is 106 cm³/mol. The van der Waals surface area contributed by atoms with Gasteiger partial charge in [0, 0.05) is 18.3 Å². The van der Waals surface area contributed by atoms with Crippen molar-refractivity contribution in [1.29, 1.82) is 0 Å². The van der Waals surface area contributed by atoms with Gasteiger partial charge in [0.1, 0.15) is 0 Å². The minimum absolute atomic E-state index is 0.0771. The number of rotatable bonds is 7. The number of carbonyl (C=O) groups excluding carboxylic acids is 1. The maximum absolute atomic E-state index is 13.0. The van der Waals surface area contributed by atoms with E-state index in [2.05, 4.69) is 30.3 Å². The van der Waals surface area contributed by atoms with Crippen molar-refractivity contribution in [2.45, 2.75) is 17.2 Å². The number of nitrogens with one attached hydrogen (secondary N) is 2. The third-order valence-corrected chi connectivity index (χ3v) is 5.72. The van der Waals surface area contributed by atoms with Crippen LogP contribution in [0.2, 0.25) is 0 Å². The molecule has 11 heteroatoms. The number of carbonyl (C=O) groups is 1. The zero-order valence-electron chi connectivity index (χ0n) is 14.7. The van der Waals surface area contributed by atoms with E-state index in [4.69, 9.17) is 0 Å². The molecule has 0 atom stereocenters. The van der Waals surface area contributed by atoms with Crippen LogP contribution in [-0.4, -0.2) is 28.2 Å². The van der Waals surface area contributed by atoms with E-state index in [1.165, 1.54) is 41.3 Å². The van der Waals surface area contributed by atoms with E-state index in [9.17, 15) is 13.6 Å². The summed E-state index contributed by atoms with van der Waals surface area (Å²) in [5, 5.41) is 14.6. The average molecular weight is 436 g/mol. The molecule has 0 fully saturated rings. The number of hydrogen-bond donors (Lipinski definition) is 2. The van der Waals surface area contributed by atoms with Gasteiger partial charge < -0.3 is 20.1 Å². The van der Waals surface area contributed by atoms with Gasteiger partial charge in [0.05, 0.1) is 5.75 Å². The van der Waals surface area contributed by atoms with E-state index >= 15 is 0 Å². The first-order valence-corrected chi connectivity index (χ1v) is 10.2. The molecular weight excluding hydrogens is 422 g/mol. The molecule has 2 N–H and O–H groups in total. The van der Waals surface area contributed by atoms with Crippen molar-refractivity contribution in [3.8, 4) is 11.5 Å². The number of anilines is 2. The number of halogens is 2. The number of hydrogen-bond acceptors (Lipinski definition) is 8. The summed E-state index contributed by atoms with van der Waals surface area (Å²) in [4.78, 5) is 12.1. The maximum Gasteiger partial charge on any atom is 0.586 e. The van der Waals surface area contributed by atoms with Crippen molar-refractivity contribution in [1.82, 2.24) is 10.2 Å². The highest BCUT2D eigenvalue weighted by Gasteiger charge is 2.43. The monoisotopic (exact) mass is 436 g/mol. The predicted octanol–water partition coefficient (Wildman–Crippen LogP) is 4.20. The van der Waals surface area contributed by atoms with Crippen LogP contribution in [0.3, 0.4) is 0 Å². The second-order valence-corrected chi connectivity index (χ2v) is 8.08. The first-order valence-electron chi connectivity index (χ1n) is 8.41. The van der Waals surface area contributed by atoms with Gasteiger partial charge in [0.25, 0.3) is 0 Å². The van der Waals surface area contributed by atoms with Crippen molar-refractivity contribution in [3.63, 3.8) is 0 Å². The zero-order chi connectivity index (χ0) is 20.3. The third kappa shape index (κ3) is 5.12. The Labute approximate surface area is 172 Å². The van der Waals surface area contributed by atoms with Crippen LogP contribution in [0.1, 0.15) is 5.56 Å². The Bertz CT molecular complexity index is 1020. The van der Waals surface area contributed by atoms with Crippen molar-refractivity contribution >= 4 is 39.8 Å². The highest BCUT2D eigenvalue weighted by atomic mass is 32.2. The van der Waals surface area contributed by atoms with Gasteiger partial charge in [-0.1, -0.05) is 53.4 Å². The molecule has 1 aliphatic rings. The minimum atomic E-state index is -3.69. The molecule has 7 nitrogen and oxygen atoms in total. The Morgan fingerprint density at radius 1 is 1.10 bits per heavy atom. The standard InChI is InChI=1S/C18H14F2N4O3S2/c19-18(20)26-13-7-6-12(8-14(13)27-18)22-15(25)10-28-17-24-23-16(29-17)21-9-11-4-2-1-3-5-11/h1-8H,9-10H2,(H,21,23)(H,22,25). The summed E-state index contributed by atoms with van der Waals surface area (Å²) in [7, 11) is 0. The molecule has 1 aromatic heterocycles. The van der Waals surface area contributed by atoms with E-state index in [0.29, 0.717) is 21.7 Å². The van der Waals surface area contributed by atoms with Gasteiger partial charge in [0.15, 0.2) is 15.8 Å². The molecule has 1 aliphatic heterocycles. The fraction of sp³-hybridized carbons (Fsp3) is 0.167. The molecule has 3 aromatic rings. The molecule has 0 bridgehead atoms. The number of thioether (sulfide) groups is 1. The number of ether oxygens (including phenoxy) is 2. The van der Waals surface area contributed by atoms with Gasteiger partial charge in [-0.05, 0) is 17.7 Å². The molecule has 2 heterocycles.